The van der Waals surface area contributed by atoms with Crippen molar-refractivity contribution in [1.29, 1.82) is 5.26 Å². The zero-order valence-electron chi connectivity index (χ0n) is 14.7. The molecule has 0 bridgehead atoms. The van der Waals surface area contributed by atoms with Gasteiger partial charge in [-0.1, -0.05) is 23.2 Å². The lowest BCUT2D eigenvalue weighted by Crippen LogP contribution is -1.83. The van der Waals surface area contributed by atoms with Gasteiger partial charge in [-0.05, 0) is 54.6 Å². The molecular formula is C22H11Cl2FN2OS. The SMILES string of the molecule is N#C/C(=C\c1ccc(-c2ccc(Cl)c(Cl)c2)o1)c1nc(-c2ccc(F)cc2)cs1. The fourth-order valence-corrected chi connectivity index (χ4v) is 3.76. The van der Waals surface area contributed by atoms with Gasteiger partial charge in [0.15, 0.2) is 0 Å². The van der Waals surface area contributed by atoms with Gasteiger partial charge in [-0.25, -0.2) is 9.37 Å². The largest absolute Gasteiger partial charge is 0.457 e. The van der Waals surface area contributed by atoms with Crippen LogP contribution >= 0.6 is 34.5 Å². The topological polar surface area (TPSA) is 49.8 Å². The summed E-state index contributed by atoms with van der Waals surface area (Å²) in [6, 6.07) is 17.0. The van der Waals surface area contributed by atoms with Gasteiger partial charge in [0.05, 0.1) is 21.3 Å². The third-order valence-electron chi connectivity index (χ3n) is 4.11. The molecule has 0 aliphatic rings. The quantitative estimate of drug-likeness (QED) is 0.307. The summed E-state index contributed by atoms with van der Waals surface area (Å²) < 4.78 is 18.9. The molecule has 0 amide bonds. The summed E-state index contributed by atoms with van der Waals surface area (Å²) in [5.74, 6) is 0.816. The number of benzene rings is 2. The van der Waals surface area contributed by atoms with Gasteiger partial charge in [0.2, 0.25) is 0 Å². The van der Waals surface area contributed by atoms with E-state index in [0.29, 0.717) is 37.8 Å². The Bertz CT molecular complexity index is 1250. The summed E-state index contributed by atoms with van der Waals surface area (Å²) in [6.07, 6.45) is 1.63. The number of aromatic nitrogens is 1. The number of nitrogens with zero attached hydrogens (tertiary/aromatic N) is 2. The molecule has 0 spiro atoms. The first-order valence-electron chi connectivity index (χ1n) is 8.42. The molecule has 0 unspecified atom stereocenters. The predicted molar refractivity (Wildman–Crippen MR) is 115 cm³/mol. The molecule has 0 aliphatic heterocycles. The number of hydrogen-bond acceptors (Lipinski definition) is 4. The Morgan fingerprint density at radius 2 is 1.79 bits per heavy atom. The molecule has 0 fully saturated rings. The average Bonchev–Trinajstić information content (AvgIpc) is 3.39. The highest BCUT2D eigenvalue weighted by Gasteiger charge is 2.11. The van der Waals surface area contributed by atoms with E-state index in [1.165, 1.54) is 23.5 Å². The summed E-state index contributed by atoms with van der Waals surface area (Å²) in [7, 11) is 0. The van der Waals surface area contributed by atoms with E-state index < -0.39 is 0 Å². The lowest BCUT2D eigenvalue weighted by molar-refractivity contribution is 0.572. The number of nitriles is 1. The molecule has 0 aliphatic carbocycles. The molecule has 4 rings (SSSR count). The molecule has 142 valence electrons. The molecule has 0 radical (unpaired) electrons. The minimum atomic E-state index is -0.308. The monoisotopic (exact) mass is 440 g/mol. The molecule has 2 aromatic heterocycles. The van der Waals surface area contributed by atoms with Crippen molar-refractivity contribution >= 4 is 46.2 Å². The molecule has 0 saturated carbocycles. The van der Waals surface area contributed by atoms with Crippen molar-refractivity contribution in [1.82, 2.24) is 4.98 Å². The minimum Gasteiger partial charge on any atom is -0.457 e. The number of halogens is 3. The van der Waals surface area contributed by atoms with E-state index in [9.17, 15) is 9.65 Å². The number of hydrogen-bond donors (Lipinski definition) is 0. The van der Waals surface area contributed by atoms with E-state index in [1.807, 2.05) is 11.4 Å². The number of thiazole rings is 1. The number of allylic oxidation sites excluding steroid dienone is 1. The fraction of sp³-hybridized carbons (Fsp3) is 0. The highest BCUT2D eigenvalue weighted by atomic mass is 35.5. The second kappa shape index (κ2) is 8.22. The van der Waals surface area contributed by atoms with E-state index in [4.69, 9.17) is 27.6 Å². The molecule has 0 saturated heterocycles. The van der Waals surface area contributed by atoms with Crippen LogP contribution in [0, 0.1) is 17.1 Å². The van der Waals surface area contributed by atoms with Gasteiger partial charge in [0, 0.05) is 22.6 Å². The van der Waals surface area contributed by atoms with Crippen molar-refractivity contribution in [2.75, 3.05) is 0 Å². The average molecular weight is 441 g/mol. The van der Waals surface area contributed by atoms with Gasteiger partial charge in [0.25, 0.3) is 0 Å². The summed E-state index contributed by atoms with van der Waals surface area (Å²) in [5.41, 5.74) is 2.62. The van der Waals surface area contributed by atoms with Crippen LogP contribution in [-0.4, -0.2) is 4.98 Å². The second-order valence-electron chi connectivity index (χ2n) is 6.05. The van der Waals surface area contributed by atoms with E-state index in [-0.39, 0.29) is 5.82 Å². The van der Waals surface area contributed by atoms with Crippen LogP contribution in [0.25, 0.3) is 34.2 Å². The highest BCUT2D eigenvalue weighted by Crippen LogP contribution is 2.31. The van der Waals surface area contributed by atoms with E-state index in [0.717, 1.165) is 11.1 Å². The van der Waals surface area contributed by atoms with Gasteiger partial charge < -0.3 is 4.42 Å². The van der Waals surface area contributed by atoms with Crippen molar-refractivity contribution in [2.45, 2.75) is 0 Å². The number of furan rings is 1. The Morgan fingerprint density at radius 1 is 1.03 bits per heavy atom. The van der Waals surface area contributed by atoms with Gasteiger partial charge in [0.1, 0.15) is 28.4 Å². The zero-order valence-corrected chi connectivity index (χ0v) is 17.0. The van der Waals surface area contributed by atoms with E-state index in [1.54, 1.807) is 42.5 Å². The van der Waals surface area contributed by atoms with Crippen molar-refractivity contribution in [2.24, 2.45) is 0 Å². The maximum absolute atomic E-state index is 13.1. The summed E-state index contributed by atoms with van der Waals surface area (Å²) in [5, 5.41) is 12.9. The smallest absolute Gasteiger partial charge is 0.134 e. The highest BCUT2D eigenvalue weighted by molar-refractivity contribution is 7.11. The predicted octanol–water partition coefficient (Wildman–Crippen LogP) is 7.58. The third kappa shape index (κ3) is 4.25. The summed E-state index contributed by atoms with van der Waals surface area (Å²) in [6.45, 7) is 0. The minimum absolute atomic E-state index is 0.308. The molecule has 7 heteroatoms. The van der Waals surface area contributed by atoms with Crippen molar-refractivity contribution in [3.63, 3.8) is 0 Å². The van der Waals surface area contributed by atoms with Crippen LogP contribution in [0.5, 0.6) is 0 Å². The Balaban J connectivity index is 1.62. The normalized spacial score (nSPS) is 11.4. The van der Waals surface area contributed by atoms with Crippen LogP contribution in [0.15, 0.2) is 64.4 Å². The van der Waals surface area contributed by atoms with E-state index in [2.05, 4.69) is 11.1 Å². The lowest BCUT2D eigenvalue weighted by Gasteiger charge is -1.99. The Labute approximate surface area is 180 Å². The number of rotatable bonds is 4. The maximum atomic E-state index is 13.1. The van der Waals surface area contributed by atoms with Crippen LogP contribution in [0.1, 0.15) is 10.8 Å². The Hall–Kier alpha value is -2.91. The third-order valence-corrected chi connectivity index (χ3v) is 5.73. The van der Waals surface area contributed by atoms with Gasteiger partial charge in [-0.3, -0.25) is 0 Å². The van der Waals surface area contributed by atoms with Crippen LogP contribution in [-0.2, 0) is 0 Å². The molecule has 4 aromatic rings. The van der Waals surface area contributed by atoms with Gasteiger partial charge in [-0.15, -0.1) is 11.3 Å². The Morgan fingerprint density at radius 3 is 2.52 bits per heavy atom. The summed E-state index contributed by atoms with van der Waals surface area (Å²) >= 11 is 13.4. The van der Waals surface area contributed by atoms with Crippen LogP contribution in [0.4, 0.5) is 4.39 Å². The standard InChI is InChI=1S/C22H11Cl2FN2OS/c23-18-7-3-14(10-19(18)24)21-8-6-17(28-21)9-15(11-26)22-27-20(12-29-22)13-1-4-16(25)5-2-13/h1-10,12H/b15-9+. The first kappa shape index (κ1) is 19.4. The van der Waals surface area contributed by atoms with E-state index >= 15 is 0 Å². The molecule has 0 atom stereocenters. The van der Waals surface area contributed by atoms with Crippen molar-refractivity contribution in [3.8, 4) is 28.7 Å². The first-order chi connectivity index (χ1) is 14.0. The second-order valence-corrected chi connectivity index (χ2v) is 7.72. The summed E-state index contributed by atoms with van der Waals surface area (Å²) in [4.78, 5) is 4.50. The van der Waals surface area contributed by atoms with Crippen LogP contribution in [0.2, 0.25) is 10.0 Å². The Kier molecular flexibility index (Phi) is 5.50. The van der Waals surface area contributed by atoms with Gasteiger partial charge in [-0.2, -0.15) is 5.26 Å². The fourth-order valence-electron chi connectivity index (χ4n) is 2.67. The molecule has 3 nitrogen and oxygen atoms in total. The first-order valence-corrected chi connectivity index (χ1v) is 10.1. The molecule has 29 heavy (non-hydrogen) atoms. The molecule has 0 N–H and O–H groups in total. The molecule has 2 heterocycles. The van der Waals surface area contributed by atoms with Gasteiger partial charge >= 0.3 is 0 Å². The lowest BCUT2D eigenvalue weighted by atomic mass is 10.2. The molecular weight excluding hydrogens is 430 g/mol. The zero-order chi connectivity index (χ0) is 20.4. The molecule has 2 aromatic carbocycles. The van der Waals surface area contributed by atoms with Crippen molar-refractivity contribution in [3.05, 3.63) is 86.6 Å². The van der Waals surface area contributed by atoms with Crippen LogP contribution < -0.4 is 0 Å². The van der Waals surface area contributed by atoms with Crippen LogP contribution in [0.3, 0.4) is 0 Å². The van der Waals surface area contributed by atoms with Crippen molar-refractivity contribution < 1.29 is 8.81 Å². The maximum Gasteiger partial charge on any atom is 0.134 e.